The third-order valence-corrected chi connectivity index (χ3v) is 5.44. The summed E-state index contributed by atoms with van der Waals surface area (Å²) in [6.07, 6.45) is 0. The molecule has 0 unspecified atom stereocenters. The molecule has 0 aliphatic heterocycles. The Labute approximate surface area is 197 Å². The number of carbonyl (C=O) groups excluding carboxylic acids is 1. The van der Waals surface area contributed by atoms with Crippen molar-refractivity contribution in [2.45, 2.75) is 6.92 Å². The van der Waals surface area contributed by atoms with Crippen LogP contribution in [0.1, 0.15) is 17.3 Å². The third-order valence-electron chi connectivity index (χ3n) is 5.14. The molecule has 0 bridgehead atoms. The van der Waals surface area contributed by atoms with Gasteiger partial charge >= 0.3 is 0 Å². The molecule has 1 heterocycles. The molecule has 1 amide bonds. The SMILES string of the molecule is CCOc1ccc(-c2cc(C(=O)Nc3cc(OC)c(Cl)cc3OC)c3ccccc3n2)cc1. The molecule has 4 rings (SSSR count). The van der Waals surface area contributed by atoms with Crippen LogP contribution in [-0.2, 0) is 0 Å². The van der Waals surface area contributed by atoms with Crippen molar-refractivity contribution in [1.29, 1.82) is 0 Å². The summed E-state index contributed by atoms with van der Waals surface area (Å²) in [7, 11) is 3.03. The van der Waals surface area contributed by atoms with Crippen molar-refractivity contribution in [2.75, 3.05) is 26.1 Å². The van der Waals surface area contributed by atoms with Gasteiger partial charge in [0.2, 0.25) is 0 Å². The predicted octanol–water partition coefficient (Wildman–Crippen LogP) is 6.22. The van der Waals surface area contributed by atoms with Crippen molar-refractivity contribution in [3.05, 3.63) is 77.3 Å². The standard InChI is InChI=1S/C26H23ClN2O4/c1-4-33-17-11-9-16(10-12-17)22-13-19(18-7-5-6-8-21(18)28-22)26(30)29-23-15-24(31-2)20(27)14-25(23)32-3/h5-15H,4H2,1-3H3,(H,29,30). The Morgan fingerprint density at radius 2 is 1.70 bits per heavy atom. The van der Waals surface area contributed by atoms with E-state index < -0.39 is 0 Å². The molecule has 3 aromatic carbocycles. The van der Waals surface area contributed by atoms with Gasteiger partial charge in [-0.3, -0.25) is 4.79 Å². The van der Waals surface area contributed by atoms with Crippen LogP contribution in [0.2, 0.25) is 5.02 Å². The second-order valence-electron chi connectivity index (χ2n) is 7.17. The van der Waals surface area contributed by atoms with Crippen LogP contribution < -0.4 is 19.5 Å². The first-order valence-electron chi connectivity index (χ1n) is 10.4. The summed E-state index contributed by atoms with van der Waals surface area (Å²) < 4.78 is 16.2. The van der Waals surface area contributed by atoms with Crippen molar-refractivity contribution < 1.29 is 19.0 Å². The molecule has 0 fully saturated rings. The normalized spacial score (nSPS) is 10.7. The number of benzene rings is 3. The number of carbonyl (C=O) groups is 1. The molecule has 7 heteroatoms. The molecule has 0 spiro atoms. The van der Waals surface area contributed by atoms with Gasteiger partial charge in [-0.05, 0) is 43.3 Å². The van der Waals surface area contributed by atoms with Gasteiger partial charge in [0.25, 0.3) is 5.91 Å². The molecule has 0 atom stereocenters. The van der Waals surface area contributed by atoms with Crippen molar-refractivity contribution in [3.63, 3.8) is 0 Å². The number of para-hydroxylation sites is 1. The van der Waals surface area contributed by atoms with Crippen molar-refractivity contribution in [3.8, 4) is 28.5 Å². The summed E-state index contributed by atoms with van der Waals surface area (Å²) in [5.41, 5.74) is 3.22. The number of nitrogens with one attached hydrogen (secondary N) is 1. The van der Waals surface area contributed by atoms with E-state index in [9.17, 15) is 4.79 Å². The number of aromatic nitrogens is 1. The maximum atomic E-state index is 13.4. The zero-order chi connectivity index (χ0) is 23.4. The monoisotopic (exact) mass is 462 g/mol. The van der Waals surface area contributed by atoms with Crippen LogP contribution in [0.25, 0.3) is 22.2 Å². The maximum Gasteiger partial charge on any atom is 0.256 e. The van der Waals surface area contributed by atoms with Crippen LogP contribution in [0, 0.1) is 0 Å². The van der Waals surface area contributed by atoms with Gasteiger partial charge in [0.15, 0.2) is 0 Å². The maximum absolute atomic E-state index is 13.4. The van der Waals surface area contributed by atoms with E-state index >= 15 is 0 Å². The number of halogens is 1. The Morgan fingerprint density at radius 1 is 0.970 bits per heavy atom. The number of rotatable bonds is 7. The summed E-state index contributed by atoms with van der Waals surface area (Å²) in [5.74, 6) is 1.34. The highest BCUT2D eigenvalue weighted by molar-refractivity contribution is 6.32. The highest BCUT2D eigenvalue weighted by atomic mass is 35.5. The highest BCUT2D eigenvalue weighted by Crippen LogP contribution is 2.36. The first-order valence-corrected chi connectivity index (χ1v) is 10.8. The van der Waals surface area contributed by atoms with Gasteiger partial charge < -0.3 is 19.5 Å². The average Bonchev–Trinajstić information content (AvgIpc) is 2.84. The summed E-state index contributed by atoms with van der Waals surface area (Å²) in [6.45, 7) is 2.53. The average molecular weight is 463 g/mol. The highest BCUT2D eigenvalue weighted by Gasteiger charge is 2.17. The van der Waals surface area contributed by atoms with Gasteiger partial charge in [0, 0.05) is 23.1 Å². The summed E-state index contributed by atoms with van der Waals surface area (Å²) in [4.78, 5) is 18.2. The molecule has 4 aromatic rings. The minimum absolute atomic E-state index is 0.302. The van der Waals surface area contributed by atoms with Gasteiger partial charge in [-0.15, -0.1) is 0 Å². The number of hydrogen-bond acceptors (Lipinski definition) is 5. The molecule has 33 heavy (non-hydrogen) atoms. The quantitative estimate of drug-likeness (QED) is 0.353. The van der Waals surface area contributed by atoms with Crippen LogP contribution in [0.4, 0.5) is 5.69 Å². The lowest BCUT2D eigenvalue weighted by molar-refractivity contribution is 0.102. The molecular formula is C26H23ClN2O4. The molecule has 1 N–H and O–H groups in total. The smallest absolute Gasteiger partial charge is 0.256 e. The number of fused-ring (bicyclic) bond motifs is 1. The zero-order valence-corrected chi connectivity index (χ0v) is 19.3. The number of methoxy groups -OCH3 is 2. The molecule has 6 nitrogen and oxygen atoms in total. The predicted molar refractivity (Wildman–Crippen MR) is 131 cm³/mol. The van der Waals surface area contributed by atoms with Crippen molar-refractivity contribution >= 4 is 34.1 Å². The van der Waals surface area contributed by atoms with Gasteiger partial charge in [-0.25, -0.2) is 4.98 Å². The van der Waals surface area contributed by atoms with E-state index in [1.54, 1.807) is 18.2 Å². The van der Waals surface area contributed by atoms with E-state index in [0.717, 1.165) is 22.2 Å². The second-order valence-corrected chi connectivity index (χ2v) is 7.58. The Morgan fingerprint density at radius 3 is 2.39 bits per heavy atom. The summed E-state index contributed by atoms with van der Waals surface area (Å²) in [5, 5.41) is 4.05. The molecular weight excluding hydrogens is 440 g/mol. The largest absolute Gasteiger partial charge is 0.495 e. The van der Waals surface area contributed by atoms with Gasteiger partial charge in [0.05, 0.1) is 48.3 Å². The van der Waals surface area contributed by atoms with Crippen LogP contribution in [-0.4, -0.2) is 31.7 Å². The van der Waals surface area contributed by atoms with Crippen molar-refractivity contribution in [2.24, 2.45) is 0 Å². The minimum atomic E-state index is -0.302. The van der Waals surface area contributed by atoms with Crippen LogP contribution in [0.5, 0.6) is 17.2 Å². The number of amides is 1. The van der Waals surface area contributed by atoms with Gasteiger partial charge in [0.1, 0.15) is 17.2 Å². The molecule has 0 aliphatic rings. The Balaban J connectivity index is 1.76. The lowest BCUT2D eigenvalue weighted by Gasteiger charge is -2.15. The molecule has 0 saturated carbocycles. The molecule has 168 valence electrons. The first-order chi connectivity index (χ1) is 16.0. The Kier molecular flexibility index (Phi) is 6.66. The van der Waals surface area contributed by atoms with Crippen LogP contribution in [0.3, 0.4) is 0 Å². The van der Waals surface area contributed by atoms with Crippen LogP contribution in [0.15, 0.2) is 66.7 Å². The van der Waals surface area contributed by atoms with E-state index in [2.05, 4.69) is 5.32 Å². The Bertz CT molecular complexity index is 1310. The number of ether oxygens (including phenoxy) is 3. The molecule has 0 saturated heterocycles. The van der Waals surface area contributed by atoms with Crippen molar-refractivity contribution in [1.82, 2.24) is 4.98 Å². The molecule has 1 aromatic heterocycles. The Hall–Kier alpha value is -3.77. The lowest BCUT2D eigenvalue weighted by Crippen LogP contribution is -2.14. The minimum Gasteiger partial charge on any atom is -0.495 e. The summed E-state index contributed by atoms with van der Waals surface area (Å²) >= 11 is 6.20. The fourth-order valence-corrected chi connectivity index (χ4v) is 3.78. The number of hydrogen-bond donors (Lipinski definition) is 1. The topological polar surface area (TPSA) is 69.7 Å². The van der Waals surface area contributed by atoms with E-state index in [-0.39, 0.29) is 5.91 Å². The fraction of sp³-hybridized carbons (Fsp3) is 0.154. The second kappa shape index (κ2) is 9.79. The van der Waals surface area contributed by atoms with E-state index in [4.69, 9.17) is 30.8 Å². The third kappa shape index (κ3) is 4.71. The van der Waals surface area contributed by atoms with Gasteiger partial charge in [-0.2, -0.15) is 0 Å². The first kappa shape index (κ1) is 22.4. The van der Waals surface area contributed by atoms with E-state index in [1.165, 1.54) is 14.2 Å². The van der Waals surface area contributed by atoms with Crippen LogP contribution >= 0.6 is 11.6 Å². The van der Waals surface area contributed by atoms with Gasteiger partial charge in [-0.1, -0.05) is 29.8 Å². The molecule has 0 radical (unpaired) electrons. The zero-order valence-electron chi connectivity index (χ0n) is 18.5. The fourth-order valence-electron chi connectivity index (χ4n) is 3.55. The molecule has 0 aliphatic carbocycles. The number of nitrogens with zero attached hydrogens (tertiary/aromatic N) is 1. The van der Waals surface area contributed by atoms with E-state index in [1.807, 2.05) is 55.5 Å². The van der Waals surface area contributed by atoms with E-state index in [0.29, 0.717) is 40.1 Å². The number of anilines is 1. The number of pyridine rings is 1. The summed E-state index contributed by atoms with van der Waals surface area (Å²) in [6, 6.07) is 20.2. The lowest BCUT2D eigenvalue weighted by atomic mass is 10.0.